The number of fused-ring (bicyclic) bond motifs is 1. The summed E-state index contributed by atoms with van der Waals surface area (Å²) in [7, 11) is 1.60. The van der Waals surface area contributed by atoms with E-state index in [2.05, 4.69) is 17.1 Å². The average Bonchev–Trinajstić information content (AvgIpc) is 3.45. The molecule has 0 unspecified atom stereocenters. The smallest absolute Gasteiger partial charge is 0.253 e. The SMILES string of the molecule is COc1ccc(-c2ccc3c(c2)N(CC2CC2)C(=O)COC3)cn1. The molecule has 124 valence electrons. The Balaban J connectivity index is 1.71. The predicted molar refractivity (Wildman–Crippen MR) is 91.0 cm³/mol. The number of hydrogen-bond acceptors (Lipinski definition) is 4. The fourth-order valence-electron chi connectivity index (χ4n) is 3.01. The molecule has 24 heavy (non-hydrogen) atoms. The molecule has 0 N–H and O–H groups in total. The number of rotatable bonds is 4. The normalized spacial score (nSPS) is 17.4. The van der Waals surface area contributed by atoms with Gasteiger partial charge in [-0.2, -0.15) is 0 Å². The maximum Gasteiger partial charge on any atom is 0.253 e. The first-order valence-corrected chi connectivity index (χ1v) is 8.26. The van der Waals surface area contributed by atoms with E-state index < -0.39 is 0 Å². The molecule has 0 bridgehead atoms. The molecule has 1 fully saturated rings. The van der Waals surface area contributed by atoms with Gasteiger partial charge < -0.3 is 14.4 Å². The minimum atomic E-state index is 0.0469. The Labute approximate surface area is 141 Å². The Kier molecular flexibility index (Phi) is 3.94. The van der Waals surface area contributed by atoms with Gasteiger partial charge in [-0.3, -0.25) is 4.79 Å². The lowest BCUT2D eigenvalue weighted by Crippen LogP contribution is -2.34. The molecule has 2 heterocycles. The highest BCUT2D eigenvalue weighted by atomic mass is 16.5. The van der Waals surface area contributed by atoms with Crippen molar-refractivity contribution in [2.45, 2.75) is 19.4 Å². The monoisotopic (exact) mass is 324 g/mol. The Morgan fingerprint density at radius 2 is 2.04 bits per heavy atom. The molecule has 0 saturated heterocycles. The van der Waals surface area contributed by atoms with Crippen LogP contribution in [0.3, 0.4) is 0 Å². The largest absolute Gasteiger partial charge is 0.481 e. The van der Waals surface area contributed by atoms with Gasteiger partial charge in [0, 0.05) is 35.6 Å². The second-order valence-corrected chi connectivity index (χ2v) is 6.37. The number of carbonyl (C=O) groups excluding carboxylic acids is 1. The van der Waals surface area contributed by atoms with E-state index in [-0.39, 0.29) is 12.5 Å². The zero-order chi connectivity index (χ0) is 16.5. The van der Waals surface area contributed by atoms with E-state index in [9.17, 15) is 4.79 Å². The molecule has 1 aliphatic carbocycles. The van der Waals surface area contributed by atoms with Gasteiger partial charge in [0.25, 0.3) is 5.91 Å². The third-order valence-corrected chi connectivity index (χ3v) is 4.58. The van der Waals surface area contributed by atoms with Crippen molar-refractivity contribution in [2.75, 3.05) is 25.2 Å². The second kappa shape index (κ2) is 6.24. The van der Waals surface area contributed by atoms with Gasteiger partial charge in [0.1, 0.15) is 6.61 Å². The molecule has 5 heteroatoms. The molecule has 0 radical (unpaired) electrons. The van der Waals surface area contributed by atoms with E-state index >= 15 is 0 Å². The molecular weight excluding hydrogens is 304 g/mol. The van der Waals surface area contributed by atoms with Crippen molar-refractivity contribution in [3.8, 4) is 17.0 Å². The summed E-state index contributed by atoms with van der Waals surface area (Å²) in [4.78, 5) is 18.6. The van der Waals surface area contributed by atoms with Crippen LogP contribution >= 0.6 is 0 Å². The minimum Gasteiger partial charge on any atom is -0.481 e. The van der Waals surface area contributed by atoms with Crippen LogP contribution in [0.5, 0.6) is 5.88 Å². The summed E-state index contributed by atoms with van der Waals surface area (Å²) in [6.45, 7) is 1.42. The van der Waals surface area contributed by atoms with Gasteiger partial charge in [-0.05, 0) is 36.5 Å². The van der Waals surface area contributed by atoms with Crippen LogP contribution in [-0.2, 0) is 16.1 Å². The first-order chi connectivity index (χ1) is 11.7. The van der Waals surface area contributed by atoms with Crippen molar-refractivity contribution in [2.24, 2.45) is 5.92 Å². The summed E-state index contributed by atoms with van der Waals surface area (Å²) in [5.74, 6) is 1.27. The number of benzene rings is 1. The van der Waals surface area contributed by atoms with E-state index in [0.29, 0.717) is 18.4 Å². The lowest BCUT2D eigenvalue weighted by Gasteiger charge is -2.23. The summed E-state index contributed by atoms with van der Waals surface area (Å²) in [5, 5.41) is 0. The van der Waals surface area contributed by atoms with Gasteiger partial charge in [-0.25, -0.2) is 4.98 Å². The number of nitrogens with zero attached hydrogens (tertiary/aromatic N) is 2. The Morgan fingerprint density at radius 3 is 2.75 bits per heavy atom. The quantitative estimate of drug-likeness (QED) is 0.867. The molecule has 1 amide bonds. The number of anilines is 1. The fraction of sp³-hybridized carbons (Fsp3) is 0.368. The minimum absolute atomic E-state index is 0.0469. The van der Waals surface area contributed by atoms with Gasteiger partial charge in [0.2, 0.25) is 5.88 Å². The van der Waals surface area contributed by atoms with Crippen LogP contribution in [0.1, 0.15) is 18.4 Å². The number of amides is 1. The van der Waals surface area contributed by atoms with Gasteiger partial charge in [0.15, 0.2) is 0 Å². The van der Waals surface area contributed by atoms with Crippen LogP contribution in [0.4, 0.5) is 5.69 Å². The van der Waals surface area contributed by atoms with Crippen molar-refractivity contribution in [3.05, 3.63) is 42.1 Å². The van der Waals surface area contributed by atoms with Gasteiger partial charge >= 0.3 is 0 Å². The second-order valence-electron chi connectivity index (χ2n) is 6.37. The zero-order valence-electron chi connectivity index (χ0n) is 13.7. The number of hydrogen-bond donors (Lipinski definition) is 0. The van der Waals surface area contributed by atoms with E-state index in [1.807, 2.05) is 23.1 Å². The number of methoxy groups -OCH3 is 1. The molecule has 1 aliphatic heterocycles. The Hall–Kier alpha value is -2.40. The van der Waals surface area contributed by atoms with Gasteiger partial charge in [-0.1, -0.05) is 12.1 Å². The zero-order valence-corrected chi connectivity index (χ0v) is 13.7. The number of pyridine rings is 1. The summed E-state index contributed by atoms with van der Waals surface area (Å²) < 4.78 is 10.6. The van der Waals surface area contributed by atoms with Crippen molar-refractivity contribution >= 4 is 11.6 Å². The molecule has 2 aliphatic rings. The van der Waals surface area contributed by atoms with Gasteiger partial charge in [0.05, 0.1) is 13.7 Å². The van der Waals surface area contributed by atoms with Crippen LogP contribution in [0.25, 0.3) is 11.1 Å². The molecular formula is C19H20N2O3. The fourth-order valence-corrected chi connectivity index (χ4v) is 3.01. The average molecular weight is 324 g/mol. The van der Waals surface area contributed by atoms with Crippen molar-refractivity contribution < 1.29 is 14.3 Å². The lowest BCUT2D eigenvalue weighted by atomic mass is 10.0. The maximum atomic E-state index is 12.4. The molecule has 0 atom stereocenters. The summed E-state index contributed by atoms with van der Waals surface area (Å²) in [6.07, 6.45) is 4.21. The van der Waals surface area contributed by atoms with Crippen molar-refractivity contribution in [1.29, 1.82) is 0 Å². The van der Waals surface area contributed by atoms with Crippen LogP contribution in [-0.4, -0.2) is 31.2 Å². The highest BCUT2D eigenvalue weighted by molar-refractivity contribution is 5.96. The number of carbonyl (C=O) groups is 1. The molecule has 5 nitrogen and oxygen atoms in total. The molecule has 1 aromatic heterocycles. The molecule has 4 rings (SSSR count). The van der Waals surface area contributed by atoms with Crippen LogP contribution in [0.15, 0.2) is 36.5 Å². The standard InChI is InChI=1S/C19H20N2O3/c1-23-18-7-6-15(9-20-18)14-4-5-16-11-24-12-19(22)21(17(16)8-14)10-13-2-3-13/h4-9,13H,2-3,10-12H2,1H3. The maximum absolute atomic E-state index is 12.4. The molecule has 1 saturated carbocycles. The van der Waals surface area contributed by atoms with Crippen molar-refractivity contribution in [1.82, 2.24) is 4.98 Å². The van der Waals surface area contributed by atoms with E-state index in [1.54, 1.807) is 13.3 Å². The van der Waals surface area contributed by atoms with E-state index in [1.165, 1.54) is 12.8 Å². The molecule has 1 aromatic carbocycles. The first-order valence-electron chi connectivity index (χ1n) is 8.26. The summed E-state index contributed by atoms with van der Waals surface area (Å²) >= 11 is 0. The van der Waals surface area contributed by atoms with E-state index in [0.717, 1.165) is 28.9 Å². The van der Waals surface area contributed by atoms with Crippen LogP contribution < -0.4 is 9.64 Å². The topological polar surface area (TPSA) is 51.7 Å². The molecule has 0 spiro atoms. The predicted octanol–water partition coefficient (Wildman–Crippen LogP) is 3.03. The van der Waals surface area contributed by atoms with Crippen LogP contribution in [0.2, 0.25) is 0 Å². The number of ether oxygens (including phenoxy) is 2. The number of aromatic nitrogens is 1. The summed E-state index contributed by atoms with van der Waals surface area (Å²) in [5.41, 5.74) is 4.08. The highest BCUT2D eigenvalue weighted by Gasteiger charge is 2.30. The van der Waals surface area contributed by atoms with Crippen molar-refractivity contribution in [3.63, 3.8) is 0 Å². The summed E-state index contributed by atoms with van der Waals surface area (Å²) in [6, 6.07) is 10.0. The highest BCUT2D eigenvalue weighted by Crippen LogP contribution is 2.35. The molecule has 2 aromatic rings. The third-order valence-electron chi connectivity index (χ3n) is 4.58. The third kappa shape index (κ3) is 2.99. The Bertz CT molecular complexity index is 754. The van der Waals surface area contributed by atoms with Gasteiger partial charge in [-0.15, -0.1) is 0 Å². The Morgan fingerprint density at radius 1 is 1.21 bits per heavy atom. The lowest BCUT2D eigenvalue weighted by molar-refractivity contribution is -0.123. The van der Waals surface area contributed by atoms with E-state index in [4.69, 9.17) is 9.47 Å². The van der Waals surface area contributed by atoms with Crippen LogP contribution in [0, 0.1) is 5.92 Å². The first kappa shape index (κ1) is 15.1.